The minimum atomic E-state index is -0.875. The Morgan fingerprint density at radius 3 is 2.56 bits per heavy atom. The van der Waals surface area contributed by atoms with E-state index in [4.69, 9.17) is 11.6 Å². The van der Waals surface area contributed by atoms with Gasteiger partial charge in [0, 0.05) is 50.0 Å². The molecule has 10 heteroatoms. The third kappa shape index (κ3) is 5.84. The predicted octanol–water partition coefficient (Wildman–Crippen LogP) is 1.96. The van der Waals surface area contributed by atoms with Crippen LogP contribution in [-0.4, -0.2) is 79.4 Å². The van der Waals surface area contributed by atoms with Gasteiger partial charge in [-0.3, -0.25) is 19.3 Å². The molecule has 0 saturated carbocycles. The summed E-state index contributed by atoms with van der Waals surface area (Å²) in [5.74, 6) is -1.18. The van der Waals surface area contributed by atoms with E-state index in [1.807, 2.05) is 9.80 Å². The highest BCUT2D eigenvalue weighted by atomic mass is 35.5. The van der Waals surface area contributed by atoms with Crippen molar-refractivity contribution in [2.24, 2.45) is 0 Å². The number of nitrogens with one attached hydrogen (secondary N) is 2. The molecule has 34 heavy (non-hydrogen) atoms. The van der Waals surface area contributed by atoms with E-state index in [9.17, 15) is 18.8 Å². The third-order valence-electron chi connectivity index (χ3n) is 6.06. The van der Waals surface area contributed by atoms with E-state index in [1.165, 1.54) is 11.0 Å². The molecule has 4 rings (SSSR count). The quantitative estimate of drug-likeness (QED) is 0.650. The number of halogens is 2. The Morgan fingerprint density at radius 1 is 1.06 bits per heavy atom. The first-order chi connectivity index (χ1) is 16.4. The van der Waals surface area contributed by atoms with Crippen LogP contribution in [0.2, 0.25) is 5.02 Å². The molecule has 2 aromatic carbocycles. The van der Waals surface area contributed by atoms with Gasteiger partial charge in [0.2, 0.25) is 17.7 Å². The average molecular weight is 488 g/mol. The molecule has 0 bridgehead atoms. The van der Waals surface area contributed by atoms with Gasteiger partial charge in [-0.25, -0.2) is 4.39 Å². The smallest absolute Gasteiger partial charge is 0.243 e. The van der Waals surface area contributed by atoms with Crippen LogP contribution in [0.4, 0.5) is 15.8 Å². The minimum absolute atomic E-state index is 0.144. The SMILES string of the molecule is O=C(C[C@H]1C(=O)NCCN1C(=O)CN1CCN(c2ccccc2F)CC1)Nc1cccc(Cl)c1. The average Bonchev–Trinajstić information content (AvgIpc) is 2.81. The molecule has 8 nitrogen and oxygen atoms in total. The molecule has 1 atom stereocenters. The van der Waals surface area contributed by atoms with Crippen molar-refractivity contribution >= 4 is 40.7 Å². The summed E-state index contributed by atoms with van der Waals surface area (Å²) in [5, 5.41) is 5.95. The Hall–Kier alpha value is -3.17. The van der Waals surface area contributed by atoms with Crippen LogP contribution >= 0.6 is 11.6 Å². The fraction of sp³-hybridized carbons (Fsp3) is 0.375. The van der Waals surface area contributed by atoms with Gasteiger partial charge in [0.15, 0.2) is 0 Å². The highest BCUT2D eigenvalue weighted by Crippen LogP contribution is 2.21. The fourth-order valence-electron chi connectivity index (χ4n) is 4.31. The van der Waals surface area contributed by atoms with E-state index in [1.54, 1.807) is 42.5 Å². The number of benzene rings is 2. The lowest BCUT2D eigenvalue weighted by Crippen LogP contribution is -2.60. The fourth-order valence-corrected chi connectivity index (χ4v) is 4.50. The van der Waals surface area contributed by atoms with Gasteiger partial charge in [0.25, 0.3) is 0 Å². The Bertz CT molecular complexity index is 1060. The largest absolute Gasteiger partial charge is 0.367 e. The standard InChI is InChI=1S/C24H27ClFN5O3/c25-17-4-3-5-18(14-17)28-22(32)15-21-24(34)27-8-9-31(21)23(33)16-29-10-12-30(13-11-29)20-7-2-1-6-19(20)26/h1-7,14,21H,8-13,15-16H2,(H,27,34)(H,28,32)/t21-/m0/s1. The lowest BCUT2D eigenvalue weighted by molar-refractivity contribution is -0.145. The normalized spacial score (nSPS) is 19.0. The predicted molar refractivity (Wildman–Crippen MR) is 128 cm³/mol. The van der Waals surface area contributed by atoms with Crippen molar-refractivity contribution in [3.63, 3.8) is 0 Å². The molecule has 0 aromatic heterocycles. The number of para-hydroxylation sites is 1. The van der Waals surface area contributed by atoms with E-state index < -0.39 is 6.04 Å². The molecule has 2 aromatic rings. The second kappa shape index (κ2) is 10.8. The van der Waals surface area contributed by atoms with Gasteiger partial charge in [-0.1, -0.05) is 29.8 Å². The number of carbonyl (C=O) groups excluding carboxylic acids is 3. The number of carbonyl (C=O) groups is 3. The summed E-state index contributed by atoms with van der Waals surface area (Å²) in [5.41, 5.74) is 1.09. The van der Waals surface area contributed by atoms with Gasteiger partial charge < -0.3 is 20.4 Å². The van der Waals surface area contributed by atoms with E-state index >= 15 is 0 Å². The molecule has 2 saturated heterocycles. The topological polar surface area (TPSA) is 85.0 Å². The monoisotopic (exact) mass is 487 g/mol. The zero-order valence-electron chi connectivity index (χ0n) is 18.7. The third-order valence-corrected chi connectivity index (χ3v) is 6.30. The van der Waals surface area contributed by atoms with Crippen molar-refractivity contribution in [1.82, 2.24) is 15.1 Å². The number of nitrogens with zero attached hydrogens (tertiary/aromatic N) is 3. The molecular weight excluding hydrogens is 461 g/mol. The van der Waals surface area contributed by atoms with Gasteiger partial charge in [-0.2, -0.15) is 0 Å². The number of amides is 3. The first-order valence-corrected chi connectivity index (χ1v) is 11.6. The van der Waals surface area contributed by atoms with E-state index in [2.05, 4.69) is 10.6 Å². The summed E-state index contributed by atoms with van der Waals surface area (Å²) < 4.78 is 14.1. The molecule has 0 radical (unpaired) electrons. The first kappa shape index (κ1) is 24.0. The van der Waals surface area contributed by atoms with Crippen LogP contribution < -0.4 is 15.5 Å². The number of anilines is 2. The highest BCUT2D eigenvalue weighted by molar-refractivity contribution is 6.30. The number of rotatable bonds is 6. The molecule has 0 aliphatic carbocycles. The van der Waals surface area contributed by atoms with Crippen molar-refractivity contribution in [3.05, 3.63) is 59.4 Å². The molecule has 2 aliphatic heterocycles. The molecule has 3 amide bonds. The van der Waals surface area contributed by atoms with Gasteiger partial charge in [-0.05, 0) is 30.3 Å². The van der Waals surface area contributed by atoms with Gasteiger partial charge in [0.05, 0.1) is 18.7 Å². The van der Waals surface area contributed by atoms with Crippen molar-refractivity contribution in [2.75, 3.05) is 56.0 Å². The number of hydrogen-bond donors (Lipinski definition) is 2. The van der Waals surface area contributed by atoms with Crippen molar-refractivity contribution < 1.29 is 18.8 Å². The van der Waals surface area contributed by atoms with Crippen LogP contribution in [0.25, 0.3) is 0 Å². The number of piperazine rings is 2. The van der Waals surface area contributed by atoms with Crippen molar-refractivity contribution in [3.8, 4) is 0 Å². The van der Waals surface area contributed by atoms with Crippen molar-refractivity contribution in [1.29, 1.82) is 0 Å². The lowest BCUT2D eigenvalue weighted by Gasteiger charge is -2.39. The van der Waals surface area contributed by atoms with Crippen LogP contribution in [0.15, 0.2) is 48.5 Å². The lowest BCUT2D eigenvalue weighted by atomic mass is 10.1. The van der Waals surface area contributed by atoms with Crippen LogP contribution in [0, 0.1) is 5.82 Å². The minimum Gasteiger partial charge on any atom is -0.367 e. The molecule has 0 spiro atoms. The summed E-state index contributed by atoms with van der Waals surface area (Å²) in [6.45, 7) is 3.22. The van der Waals surface area contributed by atoms with Gasteiger partial charge in [0.1, 0.15) is 11.9 Å². The molecule has 2 fully saturated rings. The summed E-state index contributed by atoms with van der Waals surface area (Å²) in [6.07, 6.45) is -0.148. The van der Waals surface area contributed by atoms with Crippen LogP contribution in [0.1, 0.15) is 6.42 Å². The van der Waals surface area contributed by atoms with Crippen molar-refractivity contribution in [2.45, 2.75) is 12.5 Å². The molecule has 2 aliphatic rings. The maximum Gasteiger partial charge on any atom is 0.243 e. The highest BCUT2D eigenvalue weighted by Gasteiger charge is 2.35. The molecule has 2 heterocycles. The zero-order chi connectivity index (χ0) is 24.1. The van der Waals surface area contributed by atoms with Crippen LogP contribution in [-0.2, 0) is 14.4 Å². The Labute approximate surface area is 202 Å². The van der Waals surface area contributed by atoms with E-state index in [0.29, 0.717) is 55.7 Å². The summed E-state index contributed by atoms with van der Waals surface area (Å²) in [7, 11) is 0. The Balaban J connectivity index is 1.33. The molecule has 180 valence electrons. The zero-order valence-corrected chi connectivity index (χ0v) is 19.4. The van der Waals surface area contributed by atoms with E-state index in [-0.39, 0.29) is 36.5 Å². The molecular formula is C24H27ClFN5O3. The van der Waals surface area contributed by atoms with E-state index in [0.717, 1.165) is 0 Å². The summed E-state index contributed by atoms with van der Waals surface area (Å²) >= 11 is 5.96. The number of hydrogen-bond acceptors (Lipinski definition) is 5. The second-order valence-electron chi connectivity index (χ2n) is 8.37. The maximum absolute atomic E-state index is 14.1. The first-order valence-electron chi connectivity index (χ1n) is 11.2. The molecule has 2 N–H and O–H groups in total. The van der Waals surface area contributed by atoms with Crippen LogP contribution in [0.3, 0.4) is 0 Å². The molecule has 0 unspecified atom stereocenters. The summed E-state index contributed by atoms with van der Waals surface area (Å²) in [6, 6.07) is 12.5. The second-order valence-corrected chi connectivity index (χ2v) is 8.81. The van der Waals surface area contributed by atoms with Crippen LogP contribution in [0.5, 0.6) is 0 Å². The maximum atomic E-state index is 14.1. The summed E-state index contributed by atoms with van der Waals surface area (Å²) in [4.78, 5) is 43.6. The van der Waals surface area contributed by atoms with Gasteiger partial charge in [-0.15, -0.1) is 0 Å². The van der Waals surface area contributed by atoms with Gasteiger partial charge >= 0.3 is 0 Å². The Morgan fingerprint density at radius 2 is 1.82 bits per heavy atom. The Kier molecular flexibility index (Phi) is 7.64.